The van der Waals surface area contributed by atoms with Crippen molar-refractivity contribution in [3.05, 3.63) is 54.2 Å². The monoisotopic (exact) mass is 300 g/mol. The van der Waals surface area contributed by atoms with Gasteiger partial charge in [-0.3, -0.25) is 0 Å². The van der Waals surface area contributed by atoms with Crippen LogP contribution in [0.15, 0.2) is 53.1 Å². The van der Waals surface area contributed by atoms with Gasteiger partial charge in [-0.25, -0.2) is 4.98 Å². The SMILES string of the molecule is CC(C)(C)c1c[nH+]c2c(c1)c1cccc3oc4cccc2c4c31. The molecule has 0 amide bonds. The number of pyridine rings is 1. The van der Waals surface area contributed by atoms with Crippen molar-refractivity contribution < 1.29 is 9.40 Å². The Bertz CT molecular complexity index is 1190. The smallest absolute Gasteiger partial charge is 0.219 e. The van der Waals surface area contributed by atoms with Crippen LogP contribution in [0.3, 0.4) is 0 Å². The highest BCUT2D eigenvalue weighted by atomic mass is 16.3. The summed E-state index contributed by atoms with van der Waals surface area (Å²) in [6, 6.07) is 15.0. The van der Waals surface area contributed by atoms with Gasteiger partial charge in [-0.1, -0.05) is 39.0 Å². The van der Waals surface area contributed by atoms with Crippen molar-refractivity contribution >= 4 is 43.6 Å². The second-order valence-electron chi connectivity index (χ2n) is 7.39. The van der Waals surface area contributed by atoms with E-state index in [9.17, 15) is 0 Å². The van der Waals surface area contributed by atoms with E-state index >= 15 is 0 Å². The molecule has 0 spiro atoms. The molecule has 0 aliphatic heterocycles. The topological polar surface area (TPSA) is 27.3 Å². The zero-order valence-electron chi connectivity index (χ0n) is 13.5. The number of hydrogen-bond acceptors (Lipinski definition) is 1. The maximum absolute atomic E-state index is 6.07. The molecule has 0 aliphatic rings. The predicted molar refractivity (Wildman–Crippen MR) is 95.2 cm³/mol. The molecule has 0 aliphatic carbocycles. The number of nitrogens with one attached hydrogen (secondary N) is 1. The van der Waals surface area contributed by atoms with Gasteiger partial charge in [-0.2, -0.15) is 0 Å². The summed E-state index contributed by atoms with van der Waals surface area (Å²) in [4.78, 5) is 3.56. The molecule has 0 radical (unpaired) electrons. The first-order chi connectivity index (χ1) is 11.0. The molecule has 112 valence electrons. The lowest BCUT2D eigenvalue weighted by molar-refractivity contribution is -0.344. The molecule has 5 rings (SSSR count). The summed E-state index contributed by atoms with van der Waals surface area (Å²) in [5, 5.41) is 6.23. The number of H-pyrrole nitrogens is 1. The fraction of sp³-hybridized carbons (Fsp3) is 0.190. The normalized spacial score (nSPS) is 13.0. The second kappa shape index (κ2) is 4.02. The van der Waals surface area contributed by atoms with Crippen molar-refractivity contribution in [2.45, 2.75) is 26.2 Å². The lowest BCUT2D eigenvalue weighted by Gasteiger charge is -2.17. The van der Waals surface area contributed by atoms with Gasteiger partial charge in [-0.15, -0.1) is 0 Å². The van der Waals surface area contributed by atoms with Gasteiger partial charge in [0.15, 0.2) is 6.20 Å². The van der Waals surface area contributed by atoms with Gasteiger partial charge in [0.05, 0.1) is 10.8 Å². The molecule has 2 nitrogen and oxygen atoms in total. The zero-order chi connectivity index (χ0) is 15.8. The standard InChI is InChI=1S/C21H17NO/c1-21(2,3)12-10-15-13-6-4-8-16-18(13)19-14(20(15)22-11-12)7-5-9-17(19)23-16/h4-11H,1-3H3/p+1. The Morgan fingerprint density at radius 3 is 2.17 bits per heavy atom. The van der Waals surface area contributed by atoms with Crippen LogP contribution in [0.5, 0.6) is 0 Å². The van der Waals surface area contributed by atoms with E-state index in [2.05, 4.69) is 74.4 Å². The van der Waals surface area contributed by atoms with Crippen LogP contribution in [0.4, 0.5) is 0 Å². The first-order valence-electron chi connectivity index (χ1n) is 8.05. The van der Waals surface area contributed by atoms with Crippen LogP contribution in [-0.4, -0.2) is 0 Å². The lowest BCUT2D eigenvalue weighted by atomic mass is 9.86. The van der Waals surface area contributed by atoms with E-state index < -0.39 is 0 Å². The molecule has 3 aromatic carbocycles. The van der Waals surface area contributed by atoms with Gasteiger partial charge >= 0.3 is 0 Å². The van der Waals surface area contributed by atoms with E-state index in [1.807, 2.05) is 0 Å². The summed E-state index contributed by atoms with van der Waals surface area (Å²) in [6.07, 6.45) is 2.14. The Balaban J connectivity index is 2.11. The highest BCUT2D eigenvalue weighted by Gasteiger charge is 2.23. The summed E-state index contributed by atoms with van der Waals surface area (Å²) < 4.78 is 6.07. The van der Waals surface area contributed by atoms with Crippen LogP contribution in [0.1, 0.15) is 26.3 Å². The van der Waals surface area contributed by atoms with Crippen molar-refractivity contribution in [1.82, 2.24) is 0 Å². The van der Waals surface area contributed by atoms with Gasteiger partial charge in [0.25, 0.3) is 0 Å². The van der Waals surface area contributed by atoms with Gasteiger partial charge < -0.3 is 4.42 Å². The third-order valence-corrected chi connectivity index (χ3v) is 4.89. The summed E-state index contributed by atoms with van der Waals surface area (Å²) in [6.45, 7) is 6.74. The Labute approximate surface area is 134 Å². The molecule has 2 heterocycles. The molecule has 0 atom stereocenters. The Kier molecular flexibility index (Phi) is 2.25. The van der Waals surface area contributed by atoms with E-state index in [1.54, 1.807) is 0 Å². The molecular formula is C21H18NO+. The number of rotatable bonds is 0. The lowest BCUT2D eigenvalue weighted by Crippen LogP contribution is -2.16. The van der Waals surface area contributed by atoms with Gasteiger partial charge in [0, 0.05) is 21.7 Å². The van der Waals surface area contributed by atoms with Crippen LogP contribution in [-0.2, 0) is 5.41 Å². The molecule has 1 N–H and O–H groups in total. The zero-order valence-corrected chi connectivity index (χ0v) is 13.5. The van der Waals surface area contributed by atoms with Crippen LogP contribution < -0.4 is 4.98 Å². The molecule has 23 heavy (non-hydrogen) atoms. The van der Waals surface area contributed by atoms with Crippen molar-refractivity contribution in [3.8, 4) is 0 Å². The van der Waals surface area contributed by atoms with Crippen molar-refractivity contribution in [1.29, 1.82) is 0 Å². The molecule has 2 aromatic heterocycles. The van der Waals surface area contributed by atoms with Crippen molar-refractivity contribution in [3.63, 3.8) is 0 Å². The summed E-state index contributed by atoms with van der Waals surface area (Å²) in [7, 11) is 0. The van der Waals surface area contributed by atoms with Crippen LogP contribution in [0.25, 0.3) is 43.6 Å². The third kappa shape index (κ3) is 1.61. The number of aromatic nitrogens is 1. The fourth-order valence-electron chi connectivity index (χ4n) is 3.66. The first-order valence-corrected chi connectivity index (χ1v) is 8.05. The number of hydrogen-bond donors (Lipinski definition) is 0. The highest BCUT2D eigenvalue weighted by Crippen LogP contribution is 2.41. The highest BCUT2D eigenvalue weighted by molar-refractivity contribution is 6.31. The van der Waals surface area contributed by atoms with E-state index in [1.165, 1.54) is 38.0 Å². The Morgan fingerprint density at radius 2 is 1.48 bits per heavy atom. The summed E-state index contributed by atoms with van der Waals surface area (Å²) in [5.41, 5.74) is 4.54. The number of aromatic amines is 1. The van der Waals surface area contributed by atoms with Gasteiger partial charge in [-0.05, 0) is 29.7 Å². The molecule has 0 fully saturated rings. The van der Waals surface area contributed by atoms with E-state index in [4.69, 9.17) is 4.42 Å². The molecule has 2 heteroatoms. The summed E-state index contributed by atoms with van der Waals surface area (Å²) in [5.74, 6) is 0. The predicted octanol–water partition coefficient (Wildman–Crippen LogP) is 5.44. The second-order valence-corrected chi connectivity index (χ2v) is 7.39. The van der Waals surface area contributed by atoms with Crippen LogP contribution in [0, 0.1) is 0 Å². The number of benzene rings is 3. The van der Waals surface area contributed by atoms with E-state index in [0.717, 1.165) is 11.2 Å². The van der Waals surface area contributed by atoms with E-state index in [0.29, 0.717) is 0 Å². The van der Waals surface area contributed by atoms with Crippen LogP contribution >= 0.6 is 0 Å². The van der Waals surface area contributed by atoms with Crippen molar-refractivity contribution in [2.24, 2.45) is 0 Å². The molecule has 0 bridgehead atoms. The average Bonchev–Trinajstić information content (AvgIpc) is 2.92. The minimum atomic E-state index is 0.113. The number of furan rings is 1. The molecule has 0 unspecified atom stereocenters. The third-order valence-electron chi connectivity index (χ3n) is 4.89. The molecular weight excluding hydrogens is 282 g/mol. The Morgan fingerprint density at radius 1 is 0.826 bits per heavy atom. The molecule has 0 saturated carbocycles. The van der Waals surface area contributed by atoms with Gasteiger partial charge in [0.2, 0.25) is 5.52 Å². The minimum Gasteiger partial charge on any atom is -0.456 e. The Hall–Kier alpha value is -2.61. The maximum Gasteiger partial charge on any atom is 0.219 e. The molecule has 0 saturated heterocycles. The first kappa shape index (κ1) is 12.9. The molecule has 5 aromatic rings. The average molecular weight is 300 g/mol. The number of fused-ring (bicyclic) bond motifs is 3. The fourth-order valence-corrected chi connectivity index (χ4v) is 3.66. The van der Waals surface area contributed by atoms with Crippen LogP contribution in [0.2, 0.25) is 0 Å². The maximum atomic E-state index is 6.07. The summed E-state index contributed by atoms with van der Waals surface area (Å²) >= 11 is 0. The van der Waals surface area contributed by atoms with E-state index in [-0.39, 0.29) is 5.41 Å². The minimum absolute atomic E-state index is 0.113. The van der Waals surface area contributed by atoms with Gasteiger partial charge in [0.1, 0.15) is 11.2 Å². The van der Waals surface area contributed by atoms with Crippen molar-refractivity contribution in [2.75, 3.05) is 0 Å². The largest absolute Gasteiger partial charge is 0.456 e. The quantitative estimate of drug-likeness (QED) is 0.350.